The van der Waals surface area contributed by atoms with E-state index in [0.717, 1.165) is 31.9 Å². The summed E-state index contributed by atoms with van der Waals surface area (Å²) in [7, 11) is 0. The summed E-state index contributed by atoms with van der Waals surface area (Å²) >= 11 is 0. The molecule has 8 nitrogen and oxygen atoms in total. The number of halogens is 3. The Bertz CT molecular complexity index is 1190. The number of pyridine rings is 1. The first kappa shape index (κ1) is 22.6. The normalized spacial score (nSPS) is 21.2. The smallest absolute Gasteiger partial charge is 0.350 e. The summed E-state index contributed by atoms with van der Waals surface area (Å²) in [6.07, 6.45) is 1.39. The summed E-state index contributed by atoms with van der Waals surface area (Å²) in [5.74, 6) is -0.0250. The van der Waals surface area contributed by atoms with Gasteiger partial charge in [-0.15, -0.1) is 0 Å². The molecule has 0 aliphatic carbocycles. The molecule has 0 spiro atoms. The lowest BCUT2D eigenvalue weighted by Gasteiger charge is -2.28. The number of hydrogen-bond acceptors (Lipinski definition) is 6. The van der Waals surface area contributed by atoms with Gasteiger partial charge in [-0.3, -0.25) is 4.79 Å². The molecule has 2 fully saturated rings. The zero-order chi connectivity index (χ0) is 23.9. The molecule has 0 bridgehead atoms. The van der Waals surface area contributed by atoms with Crippen molar-refractivity contribution in [1.82, 2.24) is 30.2 Å². The van der Waals surface area contributed by atoms with Crippen LogP contribution in [-0.2, 0) is 6.18 Å². The van der Waals surface area contributed by atoms with Gasteiger partial charge >= 0.3 is 6.18 Å². The molecule has 0 unspecified atom stereocenters. The molecule has 34 heavy (non-hydrogen) atoms. The molecular formula is C23H26F3N7O. The zero-order valence-electron chi connectivity index (χ0n) is 18.7. The van der Waals surface area contributed by atoms with E-state index in [1.807, 2.05) is 0 Å². The number of aromatic amines is 1. The minimum atomic E-state index is -4.63. The number of carbonyl (C=O) groups excluding carboxylic acids is 1. The maximum absolute atomic E-state index is 13.8. The van der Waals surface area contributed by atoms with Crippen molar-refractivity contribution in [2.24, 2.45) is 0 Å². The predicted molar refractivity (Wildman–Crippen MR) is 121 cm³/mol. The van der Waals surface area contributed by atoms with E-state index in [9.17, 15) is 18.0 Å². The monoisotopic (exact) mass is 473 g/mol. The van der Waals surface area contributed by atoms with Gasteiger partial charge in [0.25, 0.3) is 5.91 Å². The van der Waals surface area contributed by atoms with Crippen LogP contribution in [0.4, 0.5) is 19.1 Å². The first-order chi connectivity index (χ1) is 16.3. The Balaban J connectivity index is 1.49. The minimum absolute atomic E-state index is 0.0320. The molecule has 2 saturated heterocycles. The highest BCUT2D eigenvalue weighted by atomic mass is 19.4. The van der Waals surface area contributed by atoms with Crippen LogP contribution >= 0.6 is 0 Å². The lowest BCUT2D eigenvalue weighted by molar-refractivity contribution is -0.137. The molecule has 11 heteroatoms. The number of anilines is 1. The van der Waals surface area contributed by atoms with E-state index in [1.165, 1.54) is 6.20 Å². The van der Waals surface area contributed by atoms with E-state index >= 15 is 0 Å². The predicted octanol–water partition coefficient (Wildman–Crippen LogP) is 3.83. The number of H-pyrrole nitrogens is 1. The van der Waals surface area contributed by atoms with Gasteiger partial charge in [0.1, 0.15) is 16.9 Å². The van der Waals surface area contributed by atoms with Crippen molar-refractivity contribution in [2.75, 3.05) is 25.0 Å². The minimum Gasteiger partial charge on any atom is -0.350 e. The van der Waals surface area contributed by atoms with E-state index in [-0.39, 0.29) is 34.8 Å². The topological polar surface area (TPSA) is 98.8 Å². The molecule has 0 radical (unpaired) electrons. The molecule has 2 aliphatic rings. The molecule has 5 heterocycles. The molecule has 3 aromatic heterocycles. The molecule has 2 aliphatic heterocycles. The van der Waals surface area contributed by atoms with Crippen LogP contribution in [0.15, 0.2) is 24.5 Å². The van der Waals surface area contributed by atoms with Crippen molar-refractivity contribution >= 4 is 22.9 Å². The Kier molecular flexibility index (Phi) is 5.88. The number of nitrogens with zero attached hydrogens (tertiary/aromatic N) is 4. The van der Waals surface area contributed by atoms with Crippen molar-refractivity contribution in [1.29, 1.82) is 0 Å². The summed E-state index contributed by atoms with van der Waals surface area (Å²) in [4.78, 5) is 29.9. The number of piperidine rings is 1. The summed E-state index contributed by atoms with van der Waals surface area (Å²) in [5, 5.41) is 6.96. The second kappa shape index (κ2) is 8.86. The molecule has 3 N–H and O–H groups in total. The summed E-state index contributed by atoms with van der Waals surface area (Å²) in [5.41, 5.74) is -0.286. The van der Waals surface area contributed by atoms with Gasteiger partial charge in [-0.05, 0) is 44.7 Å². The Morgan fingerprint density at radius 2 is 1.97 bits per heavy atom. The highest BCUT2D eigenvalue weighted by Gasteiger charge is 2.36. The molecular weight excluding hydrogens is 447 g/mol. The van der Waals surface area contributed by atoms with Crippen LogP contribution < -0.4 is 10.6 Å². The number of amides is 1. The van der Waals surface area contributed by atoms with Crippen LogP contribution in [0, 0.1) is 0 Å². The van der Waals surface area contributed by atoms with Gasteiger partial charge in [0.2, 0.25) is 5.95 Å². The molecule has 1 amide bonds. The first-order valence-corrected chi connectivity index (χ1v) is 11.5. The molecule has 3 aromatic rings. The van der Waals surface area contributed by atoms with Gasteiger partial charge in [-0.25, -0.2) is 15.0 Å². The van der Waals surface area contributed by atoms with E-state index in [1.54, 1.807) is 17.0 Å². The van der Waals surface area contributed by atoms with Crippen molar-refractivity contribution < 1.29 is 18.0 Å². The molecule has 5 rings (SSSR count). The van der Waals surface area contributed by atoms with Crippen LogP contribution in [0.25, 0.3) is 22.3 Å². The van der Waals surface area contributed by atoms with E-state index in [2.05, 4.69) is 37.5 Å². The van der Waals surface area contributed by atoms with Crippen LogP contribution in [0.1, 0.15) is 48.7 Å². The Hall–Kier alpha value is -3.21. The molecule has 2 atom stereocenters. The maximum Gasteiger partial charge on any atom is 0.419 e. The van der Waals surface area contributed by atoms with Gasteiger partial charge in [-0.1, -0.05) is 0 Å². The maximum atomic E-state index is 13.8. The van der Waals surface area contributed by atoms with Crippen LogP contribution in [-0.4, -0.2) is 62.5 Å². The number of alkyl halides is 3. The summed E-state index contributed by atoms with van der Waals surface area (Å²) < 4.78 is 41.5. The number of hydrogen-bond donors (Lipinski definition) is 3. The fourth-order valence-corrected chi connectivity index (χ4v) is 4.57. The number of fused-ring (bicyclic) bond motifs is 1. The lowest BCUT2D eigenvalue weighted by atomic mass is 10.0. The lowest BCUT2D eigenvalue weighted by Crippen LogP contribution is -2.43. The molecule has 0 aromatic carbocycles. The Labute approximate surface area is 194 Å². The van der Waals surface area contributed by atoms with Crippen molar-refractivity contribution in [3.05, 3.63) is 35.8 Å². The number of aromatic nitrogens is 4. The largest absolute Gasteiger partial charge is 0.419 e. The standard InChI is InChI=1S/C23H26F3N7O/c1-13-4-5-14(10-27-13)30-22-29-12-17(23(24,25)26)19(32-22)16-11-28-20-15(16)6-7-18(31-20)21(34)33-8-2-3-9-33/h6-7,11-14,27H,2-5,8-10H2,1H3,(H,28,31)(H,29,30,32)/t13-,14-/m0/s1. The van der Waals surface area contributed by atoms with E-state index < -0.39 is 11.7 Å². The highest BCUT2D eigenvalue weighted by molar-refractivity contribution is 5.98. The number of carbonyl (C=O) groups is 1. The fraction of sp³-hybridized carbons (Fsp3) is 0.478. The van der Waals surface area contributed by atoms with Gasteiger partial charge in [0, 0.05) is 55.1 Å². The zero-order valence-corrected chi connectivity index (χ0v) is 18.7. The molecule has 0 saturated carbocycles. The molecule has 180 valence electrons. The second-order valence-corrected chi connectivity index (χ2v) is 8.98. The first-order valence-electron chi connectivity index (χ1n) is 11.5. The van der Waals surface area contributed by atoms with Gasteiger partial charge < -0.3 is 20.5 Å². The van der Waals surface area contributed by atoms with E-state index in [0.29, 0.717) is 36.7 Å². The van der Waals surface area contributed by atoms with Crippen molar-refractivity contribution in [3.8, 4) is 11.3 Å². The Morgan fingerprint density at radius 3 is 2.68 bits per heavy atom. The third kappa shape index (κ3) is 4.44. The number of likely N-dealkylation sites (tertiary alicyclic amines) is 1. The third-order valence-corrected chi connectivity index (χ3v) is 6.49. The van der Waals surface area contributed by atoms with Gasteiger partial charge in [0.05, 0.1) is 5.69 Å². The van der Waals surface area contributed by atoms with E-state index in [4.69, 9.17) is 0 Å². The fourth-order valence-electron chi connectivity index (χ4n) is 4.57. The second-order valence-electron chi connectivity index (χ2n) is 8.98. The van der Waals surface area contributed by atoms with Crippen molar-refractivity contribution in [3.63, 3.8) is 0 Å². The average molecular weight is 474 g/mol. The van der Waals surface area contributed by atoms with Crippen LogP contribution in [0.3, 0.4) is 0 Å². The average Bonchev–Trinajstić information content (AvgIpc) is 3.49. The van der Waals surface area contributed by atoms with Crippen molar-refractivity contribution in [2.45, 2.75) is 50.9 Å². The Morgan fingerprint density at radius 1 is 1.18 bits per heavy atom. The highest BCUT2D eigenvalue weighted by Crippen LogP contribution is 2.38. The number of nitrogens with one attached hydrogen (secondary N) is 3. The summed E-state index contributed by atoms with van der Waals surface area (Å²) in [6.45, 7) is 4.16. The SMILES string of the molecule is C[C@H]1CC[C@H](Nc2ncc(C(F)(F)F)c(-c3c[nH]c4nc(C(=O)N5CCCC5)ccc34)n2)CN1. The van der Waals surface area contributed by atoms with Gasteiger partial charge in [-0.2, -0.15) is 13.2 Å². The number of rotatable bonds is 4. The third-order valence-electron chi connectivity index (χ3n) is 6.49. The van der Waals surface area contributed by atoms with Crippen LogP contribution in [0.2, 0.25) is 0 Å². The van der Waals surface area contributed by atoms with Gasteiger partial charge in [0.15, 0.2) is 0 Å². The summed E-state index contributed by atoms with van der Waals surface area (Å²) in [6, 6.07) is 3.62. The quantitative estimate of drug-likeness (QED) is 0.533. The van der Waals surface area contributed by atoms with Crippen LogP contribution in [0.5, 0.6) is 0 Å².